The van der Waals surface area contributed by atoms with E-state index in [9.17, 15) is 0 Å². The second-order valence-corrected chi connectivity index (χ2v) is 7.95. The van der Waals surface area contributed by atoms with E-state index < -0.39 is 0 Å². The normalized spacial score (nSPS) is 24.3. The molecule has 1 heterocycles. The van der Waals surface area contributed by atoms with E-state index in [1.165, 1.54) is 24.8 Å². The number of ether oxygens (including phenoxy) is 1. The summed E-state index contributed by atoms with van der Waals surface area (Å²) in [6.07, 6.45) is 9.06. The molecule has 2 aromatic rings. The highest BCUT2D eigenvalue weighted by molar-refractivity contribution is 5.80. The van der Waals surface area contributed by atoms with Gasteiger partial charge in [-0.25, -0.2) is 4.68 Å². The molecule has 2 N–H and O–H groups in total. The molecule has 6 nitrogen and oxygen atoms in total. The molecule has 0 radical (unpaired) electrons. The van der Waals surface area contributed by atoms with Crippen LogP contribution in [-0.4, -0.2) is 41.5 Å². The van der Waals surface area contributed by atoms with E-state index in [2.05, 4.69) is 58.8 Å². The molecule has 2 aliphatic carbocycles. The molecule has 3 atom stereocenters. The number of aliphatic imine (C=N–C) groups is 1. The second-order valence-electron chi connectivity index (χ2n) is 7.95. The third kappa shape index (κ3) is 3.41. The lowest BCUT2D eigenvalue weighted by molar-refractivity contribution is -0.168. The second kappa shape index (κ2) is 7.95. The summed E-state index contributed by atoms with van der Waals surface area (Å²) in [6.45, 7) is 5.06. The molecule has 0 bridgehead atoms. The average Bonchev–Trinajstić information content (AvgIpc) is 3.19. The van der Waals surface area contributed by atoms with Gasteiger partial charge in [0.1, 0.15) is 0 Å². The quantitative estimate of drug-likeness (QED) is 0.594. The molecule has 1 aromatic heterocycles. The number of benzene rings is 1. The Balaban J connectivity index is 1.40. The van der Waals surface area contributed by atoms with Crippen molar-refractivity contribution < 1.29 is 4.74 Å². The molecule has 0 saturated heterocycles. The van der Waals surface area contributed by atoms with E-state index >= 15 is 0 Å². The van der Waals surface area contributed by atoms with Gasteiger partial charge in [-0.15, -0.1) is 0 Å². The van der Waals surface area contributed by atoms with Gasteiger partial charge in [0, 0.05) is 37.5 Å². The highest BCUT2D eigenvalue weighted by atomic mass is 16.5. The summed E-state index contributed by atoms with van der Waals surface area (Å²) in [5.41, 5.74) is 2.58. The smallest absolute Gasteiger partial charge is 0.191 e. The van der Waals surface area contributed by atoms with Gasteiger partial charge in [-0.2, -0.15) is 5.10 Å². The average molecular weight is 382 g/mol. The number of rotatable bonds is 6. The molecule has 2 fully saturated rings. The monoisotopic (exact) mass is 381 g/mol. The fourth-order valence-corrected chi connectivity index (χ4v) is 4.62. The fraction of sp³-hybridized carbons (Fsp3) is 0.545. The zero-order chi connectivity index (χ0) is 19.6. The largest absolute Gasteiger partial charge is 0.378 e. The van der Waals surface area contributed by atoms with Crippen LogP contribution in [0.15, 0.2) is 47.7 Å². The van der Waals surface area contributed by atoms with E-state index in [0.29, 0.717) is 17.6 Å². The SMILES string of the molecule is CCOC1CC(NC(=NC)NC(C)c2cccc(-n3cccn3)c2)C12CCC2. The van der Waals surface area contributed by atoms with Crippen LogP contribution in [0.25, 0.3) is 5.69 Å². The fourth-order valence-electron chi connectivity index (χ4n) is 4.62. The maximum atomic E-state index is 5.97. The van der Waals surface area contributed by atoms with Crippen molar-refractivity contribution in [2.75, 3.05) is 13.7 Å². The van der Waals surface area contributed by atoms with Gasteiger partial charge in [-0.05, 0) is 56.9 Å². The number of hydrogen-bond acceptors (Lipinski definition) is 3. The van der Waals surface area contributed by atoms with E-state index in [-0.39, 0.29) is 6.04 Å². The van der Waals surface area contributed by atoms with Gasteiger partial charge in [0.15, 0.2) is 5.96 Å². The number of nitrogens with one attached hydrogen (secondary N) is 2. The highest BCUT2D eigenvalue weighted by Crippen LogP contribution is 2.57. The molecule has 4 rings (SSSR count). The van der Waals surface area contributed by atoms with Crippen LogP contribution < -0.4 is 10.6 Å². The van der Waals surface area contributed by atoms with Gasteiger partial charge in [0.25, 0.3) is 0 Å². The Labute approximate surface area is 167 Å². The maximum Gasteiger partial charge on any atom is 0.191 e. The zero-order valence-corrected chi connectivity index (χ0v) is 17.1. The minimum atomic E-state index is 0.141. The highest BCUT2D eigenvalue weighted by Gasteiger charge is 2.59. The summed E-state index contributed by atoms with van der Waals surface area (Å²) in [6, 6.07) is 11.0. The molecule has 0 amide bonds. The first-order valence-electron chi connectivity index (χ1n) is 10.4. The Morgan fingerprint density at radius 1 is 1.39 bits per heavy atom. The number of aromatic nitrogens is 2. The molecular weight excluding hydrogens is 350 g/mol. The molecule has 2 aliphatic rings. The summed E-state index contributed by atoms with van der Waals surface area (Å²) in [4.78, 5) is 4.48. The standard InChI is InChI=1S/C22H31N5O/c1-4-28-20-15-19(22(20)10-6-11-22)26-21(23-3)25-16(2)17-8-5-9-18(14-17)27-13-7-12-24-27/h5,7-9,12-14,16,19-20H,4,6,10-11,15H2,1-3H3,(H2,23,25,26). The molecule has 1 spiro atoms. The Morgan fingerprint density at radius 3 is 2.89 bits per heavy atom. The predicted molar refractivity (Wildman–Crippen MR) is 112 cm³/mol. The molecule has 3 unspecified atom stereocenters. The van der Waals surface area contributed by atoms with Gasteiger partial charge < -0.3 is 15.4 Å². The van der Waals surface area contributed by atoms with E-state index in [1.54, 1.807) is 6.20 Å². The van der Waals surface area contributed by atoms with Crippen molar-refractivity contribution in [3.8, 4) is 5.69 Å². The summed E-state index contributed by atoms with van der Waals surface area (Å²) in [5, 5.41) is 11.5. The van der Waals surface area contributed by atoms with Crippen LogP contribution in [0.5, 0.6) is 0 Å². The summed E-state index contributed by atoms with van der Waals surface area (Å²) in [5.74, 6) is 0.864. The first kappa shape index (κ1) is 19.0. The lowest BCUT2D eigenvalue weighted by Gasteiger charge is -2.61. The molecule has 2 saturated carbocycles. The van der Waals surface area contributed by atoms with Crippen molar-refractivity contribution in [2.24, 2.45) is 10.4 Å². The summed E-state index contributed by atoms with van der Waals surface area (Å²) < 4.78 is 7.85. The third-order valence-corrected chi connectivity index (χ3v) is 6.46. The van der Waals surface area contributed by atoms with E-state index in [0.717, 1.165) is 24.7 Å². The first-order chi connectivity index (χ1) is 13.7. The minimum Gasteiger partial charge on any atom is -0.378 e. The van der Waals surface area contributed by atoms with Crippen molar-refractivity contribution in [1.29, 1.82) is 0 Å². The van der Waals surface area contributed by atoms with Crippen molar-refractivity contribution in [2.45, 2.75) is 57.7 Å². The lowest BCUT2D eigenvalue weighted by Crippen LogP contribution is -2.68. The van der Waals surface area contributed by atoms with Crippen molar-refractivity contribution in [3.05, 3.63) is 48.3 Å². The lowest BCUT2D eigenvalue weighted by atomic mass is 9.51. The van der Waals surface area contributed by atoms with Gasteiger partial charge in [0.2, 0.25) is 0 Å². The van der Waals surface area contributed by atoms with Gasteiger partial charge in [0.05, 0.1) is 17.8 Å². The Bertz CT molecular complexity index is 812. The summed E-state index contributed by atoms with van der Waals surface area (Å²) in [7, 11) is 1.84. The maximum absolute atomic E-state index is 5.97. The number of hydrogen-bond donors (Lipinski definition) is 2. The van der Waals surface area contributed by atoms with Gasteiger partial charge in [-0.3, -0.25) is 4.99 Å². The Morgan fingerprint density at radius 2 is 2.25 bits per heavy atom. The number of nitrogens with zero attached hydrogens (tertiary/aromatic N) is 3. The van der Waals surface area contributed by atoms with Crippen LogP contribution in [0.2, 0.25) is 0 Å². The van der Waals surface area contributed by atoms with Gasteiger partial charge in [-0.1, -0.05) is 18.6 Å². The van der Waals surface area contributed by atoms with Crippen LogP contribution in [-0.2, 0) is 4.74 Å². The van der Waals surface area contributed by atoms with E-state index in [1.807, 2.05) is 24.0 Å². The van der Waals surface area contributed by atoms with Crippen molar-refractivity contribution >= 4 is 5.96 Å². The van der Waals surface area contributed by atoms with Crippen LogP contribution >= 0.6 is 0 Å². The molecule has 28 heavy (non-hydrogen) atoms. The van der Waals surface area contributed by atoms with Crippen LogP contribution in [0.4, 0.5) is 0 Å². The first-order valence-corrected chi connectivity index (χ1v) is 10.4. The molecule has 6 heteroatoms. The zero-order valence-electron chi connectivity index (χ0n) is 17.1. The van der Waals surface area contributed by atoms with E-state index in [4.69, 9.17) is 4.74 Å². The molecular formula is C22H31N5O. The molecule has 1 aromatic carbocycles. The topological polar surface area (TPSA) is 63.5 Å². The van der Waals surface area contributed by atoms with Crippen LogP contribution in [0.3, 0.4) is 0 Å². The number of guanidine groups is 1. The van der Waals surface area contributed by atoms with Crippen LogP contribution in [0, 0.1) is 5.41 Å². The summed E-state index contributed by atoms with van der Waals surface area (Å²) >= 11 is 0. The van der Waals surface area contributed by atoms with Crippen molar-refractivity contribution in [1.82, 2.24) is 20.4 Å². The predicted octanol–water partition coefficient (Wildman–Crippen LogP) is 3.45. The molecule has 0 aliphatic heterocycles. The Kier molecular flexibility index (Phi) is 5.40. The Hall–Kier alpha value is -2.34. The third-order valence-electron chi connectivity index (χ3n) is 6.46. The van der Waals surface area contributed by atoms with Crippen molar-refractivity contribution in [3.63, 3.8) is 0 Å². The van der Waals surface area contributed by atoms with Crippen LogP contribution in [0.1, 0.15) is 51.1 Å². The molecule has 150 valence electrons. The van der Waals surface area contributed by atoms with Gasteiger partial charge >= 0.3 is 0 Å². The minimum absolute atomic E-state index is 0.141.